The fourth-order valence-electron chi connectivity index (χ4n) is 2.47. The second-order valence-electron chi connectivity index (χ2n) is 5.31. The van der Waals surface area contributed by atoms with Crippen LogP contribution in [0.4, 0.5) is 0 Å². The van der Waals surface area contributed by atoms with Crippen LogP contribution in [-0.4, -0.2) is 19.2 Å². The molecule has 0 amide bonds. The lowest BCUT2D eigenvalue weighted by atomic mass is 10.1. The van der Waals surface area contributed by atoms with Crippen molar-refractivity contribution < 1.29 is 9.47 Å². The Morgan fingerprint density at radius 1 is 1.19 bits per heavy atom. The molecule has 3 aromatic rings. The van der Waals surface area contributed by atoms with Crippen LogP contribution < -0.4 is 9.47 Å². The van der Waals surface area contributed by atoms with Gasteiger partial charge in [-0.25, -0.2) is 4.98 Å². The number of hydrogen-bond donors (Lipinski definition) is 0. The second kappa shape index (κ2) is 8.05. The van der Waals surface area contributed by atoms with E-state index in [0.717, 1.165) is 16.8 Å². The highest BCUT2D eigenvalue weighted by atomic mass is 35.5. The normalized spacial score (nSPS) is 11.1. The van der Waals surface area contributed by atoms with Crippen LogP contribution >= 0.6 is 22.9 Å². The number of nitriles is 1. The summed E-state index contributed by atoms with van der Waals surface area (Å²) in [7, 11) is 3.07. The van der Waals surface area contributed by atoms with Gasteiger partial charge >= 0.3 is 0 Å². The molecule has 0 spiro atoms. The first kappa shape index (κ1) is 18.0. The van der Waals surface area contributed by atoms with Gasteiger partial charge in [-0.15, -0.1) is 11.3 Å². The minimum absolute atomic E-state index is 0.416. The highest BCUT2D eigenvalue weighted by Gasteiger charge is 2.13. The van der Waals surface area contributed by atoms with E-state index in [-0.39, 0.29) is 0 Å². The first-order valence-electron chi connectivity index (χ1n) is 7.71. The SMILES string of the molecule is COc1cc(/C=C(/C#N)c2nc(-c3ccccc3)cs2)cc(Cl)c1OC. The smallest absolute Gasteiger partial charge is 0.179 e. The number of methoxy groups -OCH3 is 2. The van der Waals surface area contributed by atoms with E-state index in [9.17, 15) is 5.26 Å². The third-order valence-corrected chi connectivity index (χ3v) is 4.85. The quantitative estimate of drug-likeness (QED) is 0.543. The maximum atomic E-state index is 9.58. The number of allylic oxidation sites excluding steroid dienone is 1. The van der Waals surface area contributed by atoms with Crippen molar-refractivity contribution in [2.75, 3.05) is 14.2 Å². The zero-order valence-electron chi connectivity index (χ0n) is 14.2. The lowest BCUT2D eigenvalue weighted by Crippen LogP contribution is -1.92. The van der Waals surface area contributed by atoms with Gasteiger partial charge in [0.25, 0.3) is 0 Å². The number of halogens is 1. The van der Waals surface area contributed by atoms with Crippen molar-refractivity contribution in [1.82, 2.24) is 4.98 Å². The Morgan fingerprint density at radius 3 is 2.62 bits per heavy atom. The molecule has 0 saturated heterocycles. The third kappa shape index (κ3) is 3.72. The van der Waals surface area contributed by atoms with Gasteiger partial charge in [-0.05, 0) is 23.8 Å². The van der Waals surface area contributed by atoms with E-state index in [1.807, 2.05) is 35.7 Å². The molecule has 2 aromatic carbocycles. The predicted molar refractivity (Wildman–Crippen MR) is 106 cm³/mol. The maximum absolute atomic E-state index is 9.58. The summed E-state index contributed by atoms with van der Waals surface area (Å²) in [5.74, 6) is 0.970. The molecule has 0 aliphatic heterocycles. The third-order valence-electron chi connectivity index (χ3n) is 3.69. The van der Waals surface area contributed by atoms with Gasteiger partial charge in [0.05, 0.1) is 30.5 Å². The molecule has 1 aromatic heterocycles. The average molecular weight is 383 g/mol. The van der Waals surface area contributed by atoms with E-state index in [4.69, 9.17) is 21.1 Å². The standard InChI is InChI=1S/C20H15ClN2O2S/c1-24-18-10-13(9-16(21)19(18)25-2)8-15(11-22)20-23-17(12-26-20)14-6-4-3-5-7-14/h3-10,12H,1-2H3/b15-8-. The van der Waals surface area contributed by atoms with Gasteiger partial charge in [0.15, 0.2) is 11.5 Å². The monoisotopic (exact) mass is 382 g/mol. The van der Waals surface area contributed by atoms with Crippen LogP contribution in [0.1, 0.15) is 10.6 Å². The van der Waals surface area contributed by atoms with Crippen LogP contribution in [0.5, 0.6) is 11.5 Å². The van der Waals surface area contributed by atoms with Crippen molar-refractivity contribution in [2.24, 2.45) is 0 Å². The largest absolute Gasteiger partial charge is 0.493 e. The van der Waals surface area contributed by atoms with Gasteiger partial charge in [0, 0.05) is 10.9 Å². The Hall–Kier alpha value is -2.81. The molecule has 0 fully saturated rings. The molecule has 1 heterocycles. The molecule has 0 bridgehead atoms. The first-order valence-corrected chi connectivity index (χ1v) is 8.96. The van der Waals surface area contributed by atoms with E-state index in [0.29, 0.717) is 27.1 Å². The molecule has 0 aliphatic rings. The van der Waals surface area contributed by atoms with Crippen LogP contribution in [0.15, 0.2) is 47.8 Å². The van der Waals surface area contributed by atoms with Gasteiger partial charge in [0.1, 0.15) is 11.1 Å². The van der Waals surface area contributed by atoms with E-state index in [2.05, 4.69) is 11.1 Å². The molecular weight excluding hydrogens is 368 g/mol. The van der Waals surface area contributed by atoms with Crippen LogP contribution in [-0.2, 0) is 0 Å². The van der Waals surface area contributed by atoms with Crippen molar-refractivity contribution in [2.45, 2.75) is 0 Å². The van der Waals surface area contributed by atoms with Gasteiger partial charge in [-0.2, -0.15) is 5.26 Å². The number of thiazole rings is 1. The summed E-state index contributed by atoms with van der Waals surface area (Å²) in [6, 6.07) is 15.6. The molecule has 0 aliphatic carbocycles. The number of benzene rings is 2. The molecule has 130 valence electrons. The summed E-state index contributed by atoms with van der Waals surface area (Å²) in [5.41, 5.74) is 3.06. The molecule has 0 saturated carbocycles. The molecular formula is C20H15ClN2O2S. The minimum atomic E-state index is 0.416. The first-order chi connectivity index (χ1) is 12.7. The fraction of sp³-hybridized carbons (Fsp3) is 0.100. The minimum Gasteiger partial charge on any atom is -0.493 e. The van der Waals surface area contributed by atoms with Crippen molar-refractivity contribution in [3.05, 3.63) is 63.4 Å². The van der Waals surface area contributed by atoms with Crippen LogP contribution in [0.25, 0.3) is 22.9 Å². The average Bonchev–Trinajstić information content (AvgIpc) is 3.16. The lowest BCUT2D eigenvalue weighted by Gasteiger charge is -2.10. The Morgan fingerprint density at radius 2 is 1.96 bits per heavy atom. The molecule has 4 nitrogen and oxygen atoms in total. The number of hydrogen-bond acceptors (Lipinski definition) is 5. The number of aromatic nitrogens is 1. The Balaban J connectivity index is 1.99. The van der Waals surface area contributed by atoms with E-state index >= 15 is 0 Å². The summed E-state index contributed by atoms with van der Waals surface area (Å²) in [4.78, 5) is 4.59. The summed E-state index contributed by atoms with van der Waals surface area (Å²) in [6.07, 6.45) is 1.74. The van der Waals surface area contributed by atoms with Gasteiger partial charge in [-0.3, -0.25) is 0 Å². The van der Waals surface area contributed by atoms with Crippen molar-refractivity contribution >= 4 is 34.6 Å². The van der Waals surface area contributed by atoms with E-state index < -0.39 is 0 Å². The number of ether oxygens (including phenoxy) is 2. The highest BCUT2D eigenvalue weighted by Crippen LogP contribution is 2.37. The van der Waals surface area contributed by atoms with Crippen molar-refractivity contribution in [3.8, 4) is 28.8 Å². The number of nitrogens with zero attached hydrogens (tertiary/aromatic N) is 2. The zero-order valence-corrected chi connectivity index (χ0v) is 15.8. The topological polar surface area (TPSA) is 55.1 Å². The van der Waals surface area contributed by atoms with Crippen LogP contribution in [0.3, 0.4) is 0 Å². The maximum Gasteiger partial charge on any atom is 0.179 e. The van der Waals surface area contributed by atoms with E-state index in [1.54, 1.807) is 25.3 Å². The summed E-state index contributed by atoms with van der Waals surface area (Å²) in [5, 5.41) is 12.6. The zero-order chi connectivity index (χ0) is 18.5. The lowest BCUT2D eigenvalue weighted by molar-refractivity contribution is 0.355. The Kier molecular flexibility index (Phi) is 5.57. The molecule has 3 rings (SSSR count). The van der Waals surface area contributed by atoms with Crippen molar-refractivity contribution in [3.63, 3.8) is 0 Å². The molecule has 0 unspecified atom stereocenters. The predicted octanol–water partition coefficient (Wildman–Crippen LogP) is 5.54. The summed E-state index contributed by atoms with van der Waals surface area (Å²) >= 11 is 7.67. The molecule has 6 heteroatoms. The molecule has 0 atom stereocenters. The number of rotatable bonds is 5. The van der Waals surface area contributed by atoms with Crippen molar-refractivity contribution in [1.29, 1.82) is 5.26 Å². The van der Waals surface area contributed by atoms with Gasteiger partial charge in [0.2, 0.25) is 0 Å². The molecule has 0 N–H and O–H groups in total. The van der Waals surface area contributed by atoms with Crippen LogP contribution in [0.2, 0.25) is 5.02 Å². The molecule has 26 heavy (non-hydrogen) atoms. The second-order valence-corrected chi connectivity index (χ2v) is 6.58. The molecule has 0 radical (unpaired) electrons. The van der Waals surface area contributed by atoms with E-state index in [1.165, 1.54) is 18.4 Å². The fourth-order valence-corrected chi connectivity index (χ4v) is 3.56. The Bertz CT molecular complexity index is 991. The van der Waals surface area contributed by atoms with Gasteiger partial charge in [-0.1, -0.05) is 41.9 Å². The summed E-state index contributed by atoms with van der Waals surface area (Å²) < 4.78 is 10.5. The van der Waals surface area contributed by atoms with Crippen LogP contribution in [0, 0.1) is 11.3 Å². The highest BCUT2D eigenvalue weighted by molar-refractivity contribution is 7.11. The Labute approximate surface area is 160 Å². The van der Waals surface area contributed by atoms with Gasteiger partial charge < -0.3 is 9.47 Å². The summed E-state index contributed by atoms with van der Waals surface area (Å²) in [6.45, 7) is 0.